The smallest absolute Gasteiger partial charge is 0.230 e. The van der Waals surface area contributed by atoms with Crippen LogP contribution in [0.5, 0.6) is 0 Å². The Morgan fingerprint density at radius 1 is 1.16 bits per heavy atom. The van der Waals surface area contributed by atoms with E-state index in [-0.39, 0.29) is 24.0 Å². The number of likely N-dealkylation sites (tertiary alicyclic amines) is 1. The quantitative estimate of drug-likeness (QED) is 0.818. The molecule has 4 heteroatoms. The van der Waals surface area contributed by atoms with Gasteiger partial charge in [0.05, 0.1) is 18.1 Å². The lowest BCUT2D eigenvalue weighted by Crippen LogP contribution is -2.53. The molecule has 1 saturated carbocycles. The first kappa shape index (κ1) is 14.8. The van der Waals surface area contributed by atoms with Gasteiger partial charge in [-0.25, -0.2) is 0 Å². The van der Waals surface area contributed by atoms with Crippen LogP contribution in [0.3, 0.4) is 0 Å². The molecule has 0 aromatic heterocycles. The van der Waals surface area contributed by atoms with Crippen LogP contribution in [-0.4, -0.2) is 41.7 Å². The van der Waals surface area contributed by atoms with E-state index < -0.39 is 0 Å². The fourth-order valence-corrected chi connectivity index (χ4v) is 3.67. The van der Waals surface area contributed by atoms with Crippen molar-refractivity contribution in [2.75, 3.05) is 19.7 Å². The molecule has 1 aliphatic carbocycles. The summed E-state index contributed by atoms with van der Waals surface area (Å²) in [6.07, 6.45) is 9.57. The Morgan fingerprint density at radius 3 is 2.47 bits per heavy atom. The second kappa shape index (κ2) is 6.71. The van der Waals surface area contributed by atoms with Crippen molar-refractivity contribution in [1.82, 2.24) is 4.90 Å². The minimum Gasteiger partial charge on any atom is -0.394 e. The maximum Gasteiger partial charge on any atom is 0.230 e. The van der Waals surface area contributed by atoms with Crippen LogP contribution in [0.2, 0.25) is 0 Å². The summed E-state index contributed by atoms with van der Waals surface area (Å²) in [6, 6.07) is 0.0142. The first-order valence-corrected chi connectivity index (χ1v) is 7.85. The predicted molar refractivity (Wildman–Crippen MR) is 75.6 cm³/mol. The normalized spacial score (nSPS) is 27.9. The van der Waals surface area contributed by atoms with Crippen molar-refractivity contribution >= 4 is 5.91 Å². The van der Waals surface area contributed by atoms with Gasteiger partial charge in [-0.3, -0.25) is 4.79 Å². The van der Waals surface area contributed by atoms with Crippen LogP contribution >= 0.6 is 0 Å². The van der Waals surface area contributed by atoms with Gasteiger partial charge in [-0.2, -0.15) is 0 Å². The van der Waals surface area contributed by atoms with Gasteiger partial charge in [0, 0.05) is 13.1 Å². The molecular weight excluding hydrogens is 240 g/mol. The molecule has 2 fully saturated rings. The Balaban J connectivity index is 2.14. The number of hydrogen-bond donors (Lipinski definition) is 2. The van der Waals surface area contributed by atoms with Gasteiger partial charge < -0.3 is 15.7 Å². The van der Waals surface area contributed by atoms with Crippen LogP contribution in [0.1, 0.15) is 57.8 Å². The van der Waals surface area contributed by atoms with E-state index in [2.05, 4.69) is 0 Å². The zero-order valence-corrected chi connectivity index (χ0v) is 11.9. The lowest BCUT2D eigenvalue weighted by atomic mass is 9.72. The summed E-state index contributed by atoms with van der Waals surface area (Å²) >= 11 is 0. The first-order chi connectivity index (χ1) is 9.23. The highest BCUT2D eigenvalue weighted by atomic mass is 16.3. The van der Waals surface area contributed by atoms with Crippen LogP contribution in [0.4, 0.5) is 0 Å². The zero-order chi connectivity index (χ0) is 13.7. The Labute approximate surface area is 116 Å². The standard InChI is InChI=1S/C15H28N2O2/c16-12-15(8-4-2-5-9-15)14(19)17-10-6-1-3-7-13(17)11-18/h13,18H,1-12,16H2. The van der Waals surface area contributed by atoms with E-state index in [4.69, 9.17) is 5.73 Å². The van der Waals surface area contributed by atoms with E-state index in [9.17, 15) is 9.90 Å². The van der Waals surface area contributed by atoms with E-state index in [1.165, 1.54) is 6.42 Å². The Bertz CT molecular complexity index is 301. The van der Waals surface area contributed by atoms with Crippen LogP contribution in [-0.2, 0) is 4.79 Å². The molecule has 3 N–H and O–H groups in total. The van der Waals surface area contributed by atoms with Gasteiger partial charge in [0.1, 0.15) is 0 Å². The fraction of sp³-hybridized carbons (Fsp3) is 0.933. The van der Waals surface area contributed by atoms with Crippen LogP contribution in [0.25, 0.3) is 0 Å². The average Bonchev–Trinajstić information content (AvgIpc) is 2.72. The molecule has 1 saturated heterocycles. The molecule has 19 heavy (non-hydrogen) atoms. The monoisotopic (exact) mass is 268 g/mol. The summed E-state index contributed by atoms with van der Waals surface area (Å²) < 4.78 is 0. The van der Waals surface area contributed by atoms with Crippen LogP contribution in [0.15, 0.2) is 0 Å². The highest BCUT2D eigenvalue weighted by Gasteiger charge is 2.42. The molecule has 2 rings (SSSR count). The third-order valence-corrected chi connectivity index (χ3v) is 5.00. The second-order valence-corrected chi connectivity index (χ2v) is 6.23. The van der Waals surface area contributed by atoms with Crippen molar-refractivity contribution in [3.05, 3.63) is 0 Å². The molecular formula is C15H28N2O2. The topological polar surface area (TPSA) is 66.6 Å². The molecule has 0 radical (unpaired) electrons. The molecule has 1 aliphatic heterocycles. The highest BCUT2D eigenvalue weighted by molar-refractivity contribution is 5.83. The molecule has 1 amide bonds. The average molecular weight is 268 g/mol. The van der Waals surface area contributed by atoms with E-state index in [0.717, 1.165) is 57.9 Å². The van der Waals surface area contributed by atoms with Gasteiger partial charge >= 0.3 is 0 Å². The summed E-state index contributed by atoms with van der Waals surface area (Å²) in [4.78, 5) is 14.9. The molecule has 0 aromatic carbocycles. The molecule has 0 spiro atoms. The molecule has 1 atom stereocenters. The minimum absolute atomic E-state index is 0.0142. The Kier molecular flexibility index (Phi) is 5.22. The van der Waals surface area contributed by atoms with Gasteiger partial charge in [0.2, 0.25) is 5.91 Å². The SMILES string of the molecule is NCC1(C(=O)N2CCCCCC2CO)CCCCC1. The summed E-state index contributed by atoms with van der Waals surface area (Å²) in [5.74, 6) is 0.218. The van der Waals surface area contributed by atoms with Crippen molar-refractivity contribution in [3.8, 4) is 0 Å². The van der Waals surface area contributed by atoms with Gasteiger partial charge in [-0.15, -0.1) is 0 Å². The number of aliphatic hydroxyl groups is 1. The third-order valence-electron chi connectivity index (χ3n) is 5.00. The largest absolute Gasteiger partial charge is 0.394 e. The summed E-state index contributed by atoms with van der Waals surface area (Å²) in [5.41, 5.74) is 5.62. The van der Waals surface area contributed by atoms with Crippen LogP contribution in [0, 0.1) is 5.41 Å². The summed E-state index contributed by atoms with van der Waals surface area (Å²) in [6.45, 7) is 1.35. The number of nitrogens with two attached hydrogens (primary N) is 1. The number of rotatable bonds is 3. The van der Waals surface area contributed by atoms with E-state index in [1.54, 1.807) is 0 Å². The number of carbonyl (C=O) groups excluding carboxylic acids is 1. The molecule has 1 heterocycles. The van der Waals surface area contributed by atoms with Crippen molar-refractivity contribution in [2.24, 2.45) is 11.1 Å². The number of nitrogens with zero attached hydrogens (tertiary/aromatic N) is 1. The molecule has 0 bridgehead atoms. The maximum atomic E-state index is 13.0. The van der Waals surface area contributed by atoms with Crippen LogP contribution < -0.4 is 5.73 Å². The van der Waals surface area contributed by atoms with E-state index >= 15 is 0 Å². The fourth-order valence-electron chi connectivity index (χ4n) is 3.67. The van der Waals surface area contributed by atoms with Gasteiger partial charge in [0.25, 0.3) is 0 Å². The summed E-state index contributed by atoms with van der Waals surface area (Å²) in [7, 11) is 0. The molecule has 2 aliphatic rings. The van der Waals surface area contributed by atoms with E-state index in [0.29, 0.717) is 6.54 Å². The first-order valence-electron chi connectivity index (χ1n) is 7.85. The van der Waals surface area contributed by atoms with Crippen molar-refractivity contribution < 1.29 is 9.90 Å². The zero-order valence-electron chi connectivity index (χ0n) is 11.9. The second-order valence-electron chi connectivity index (χ2n) is 6.23. The Morgan fingerprint density at radius 2 is 1.84 bits per heavy atom. The maximum absolute atomic E-state index is 13.0. The molecule has 1 unspecified atom stereocenters. The number of aliphatic hydroxyl groups excluding tert-OH is 1. The van der Waals surface area contributed by atoms with Gasteiger partial charge in [-0.1, -0.05) is 32.1 Å². The lowest BCUT2D eigenvalue weighted by molar-refractivity contribution is -0.147. The lowest BCUT2D eigenvalue weighted by Gasteiger charge is -2.41. The number of hydrogen-bond acceptors (Lipinski definition) is 3. The van der Waals surface area contributed by atoms with Gasteiger partial charge in [0.15, 0.2) is 0 Å². The number of amides is 1. The van der Waals surface area contributed by atoms with Gasteiger partial charge in [-0.05, 0) is 25.7 Å². The predicted octanol–water partition coefficient (Wildman–Crippen LogP) is 1.66. The van der Waals surface area contributed by atoms with E-state index in [1.807, 2.05) is 4.90 Å². The summed E-state index contributed by atoms with van der Waals surface area (Å²) in [5, 5.41) is 9.57. The van der Waals surface area contributed by atoms with Crippen molar-refractivity contribution in [1.29, 1.82) is 0 Å². The third kappa shape index (κ3) is 3.11. The number of carbonyl (C=O) groups is 1. The Hall–Kier alpha value is -0.610. The molecule has 110 valence electrons. The highest BCUT2D eigenvalue weighted by Crippen LogP contribution is 2.38. The van der Waals surface area contributed by atoms with Crippen molar-refractivity contribution in [2.45, 2.75) is 63.8 Å². The minimum atomic E-state index is -0.337. The molecule has 4 nitrogen and oxygen atoms in total. The molecule has 0 aromatic rings. The van der Waals surface area contributed by atoms with Crippen molar-refractivity contribution in [3.63, 3.8) is 0 Å².